The maximum atomic E-state index is 2.50. The van der Waals surface area contributed by atoms with Gasteiger partial charge < -0.3 is 9.13 Å². The van der Waals surface area contributed by atoms with Crippen molar-refractivity contribution in [3.63, 3.8) is 0 Å². The Morgan fingerprint density at radius 3 is 1.63 bits per heavy atom. The van der Waals surface area contributed by atoms with Crippen molar-refractivity contribution in [2.75, 3.05) is 0 Å². The fourth-order valence-electron chi connectivity index (χ4n) is 8.80. The molecule has 10 aromatic rings. The number of hydrogen-bond donors (Lipinski definition) is 0. The molecule has 0 unspecified atom stereocenters. The molecule has 0 amide bonds. The van der Waals surface area contributed by atoms with E-state index in [-0.39, 0.29) is 0 Å². The molecule has 2 heterocycles. The van der Waals surface area contributed by atoms with Crippen LogP contribution < -0.4 is 0 Å². The average molecular weight is 689 g/mol. The number of benzene rings is 8. The molecule has 54 heavy (non-hydrogen) atoms. The van der Waals surface area contributed by atoms with Gasteiger partial charge in [0.1, 0.15) is 0 Å². The molecule has 254 valence electrons. The summed E-state index contributed by atoms with van der Waals surface area (Å²) >= 11 is 0. The SMILES string of the molecule is C1=Cc2cc(-n3c4ccccc4c4ccc5c(c6ccccc6n5-c5ccc(-c6cc(-c7ccccc7)cc(-c7ccccc7)c6)cc5)c43)ccc2CC1. The number of fused-ring (bicyclic) bond motifs is 8. The van der Waals surface area contributed by atoms with Crippen molar-refractivity contribution in [3.05, 3.63) is 199 Å². The largest absolute Gasteiger partial charge is 0.309 e. The molecule has 11 rings (SSSR count). The Morgan fingerprint density at radius 2 is 0.944 bits per heavy atom. The van der Waals surface area contributed by atoms with E-state index in [1.807, 2.05) is 0 Å². The molecule has 0 aliphatic heterocycles. The summed E-state index contributed by atoms with van der Waals surface area (Å²) < 4.78 is 4.95. The summed E-state index contributed by atoms with van der Waals surface area (Å²) in [6.07, 6.45) is 6.80. The number of para-hydroxylation sites is 2. The van der Waals surface area contributed by atoms with Gasteiger partial charge in [0.2, 0.25) is 0 Å². The maximum absolute atomic E-state index is 2.50. The number of nitrogens with zero attached hydrogens (tertiary/aromatic N) is 2. The van der Waals surface area contributed by atoms with E-state index >= 15 is 0 Å². The summed E-state index contributed by atoms with van der Waals surface area (Å²) in [7, 11) is 0. The minimum absolute atomic E-state index is 1.10. The number of rotatable bonds is 5. The molecule has 8 aromatic carbocycles. The molecular weight excluding hydrogens is 653 g/mol. The Kier molecular flexibility index (Phi) is 7.03. The monoisotopic (exact) mass is 688 g/mol. The lowest BCUT2D eigenvalue weighted by molar-refractivity contribution is 0.982. The second-order valence-electron chi connectivity index (χ2n) is 14.5. The molecule has 0 spiro atoms. The van der Waals surface area contributed by atoms with Crippen LogP contribution in [0.25, 0.3) is 94.4 Å². The Labute approximate surface area is 314 Å². The first-order valence-electron chi connectivity index (χ1n) is 18.9. The van der Waals surface area contributed by atoms with Gasteiger partial charge in [0.15, 0.2) is 0 Å². The van der Waals surface area contributed by atoms with Crippen molar-refractivity contribution in [2.45, 2.75) is 12.8 Å². The Balaban J connectivity index is 1.11. The van der Waals surface area contributed by atoms with Crippen molar-refractivity contribution in [2.24, 2.45) is 0 Å². The van der Waals surface area contributed by atoms with E-state index in [4.69, 9.17) is 0 Å². The highest BCUT2D eigenvalue weighted by atomic mass is 15.0. The first kappa shape index (κ1) is 30.7. The van der Waals surface area contributed by atoms with Crippen LogP contribution in [0.3, 0.4) is 0 Å². The van der Waals surface area contributed by atoms with Gasteiger partial charge in [0, 0.05) is 32.9 Å². The third-order valence-corrected chi connectivity index (χ3v) is 11.3. The van der Waals surface area contributed by atoms with Crippen molar-refractivity contribution in [3.8, 4) is 44.8 Å². The summed E-state index contributed by atoms with van der Waals surface area (Å²) in [5.74, 6) is 0. The van der Waals surface area contributed by atoms with E-state index < -0.39 is 0 Å². The molecule has 2 aromatic heterocycles. The number of aryl methyl sites for hydroxylation is 1. The van der Waals surface area contributed by atoms with Gasteiger partial charge in [-0.25, -0.2) is 0 Å². The van der Waals surface area contributed by atoms with E-state index in [2.05, 4.69) is 203 Å². The minimum atomic E-state index is 1.10. The smallest absolute Gasteiger partial charge is 0.0641 e. The quantitative estimate of drug-likeness (QED) is 0.170. The van der Waals surface area contributed by atoms with Crippen LogP contribution >= 0.6 is 0 Å². The molecule has 0 fully saturated rings. The molecule has 0 radical (unpaired) electrons. The van der Waals surface area contributed by atoms with E-state index in [0.29, 0.717) is 0 Å². The van der Waals surface area contributed by atoms with Gasteiger partial charge in [-0.05, 0) is 118 Å². The first-order valence-corrected chi connectivity index (χ1v) is 18.9. The minimum Gasteiger partial charge on any atom is -0.309 e. The van der Waals surface area contributed by atoms with E-state index in [1.54, 1.807) is 0 Å². The molecule has 2 heteroatoms. The van der Waals surface area contributed by atoms with Gasteiger partial charge in [-0.2, -0.15) is 0 Å². The highest BCUT2D eigenvalue weighted by Gasteiger charge is 2.21. The van der Waals surface area contributed by atoms with Crippen LogP contribution in [-0.2, 0) is 6.42 Å². The lowest BCUT2D eigenvalue weighted by Gasteiger charge is -2.15. The fraction of sp³-hybridized carbons (Fsp3) is 0.0385. The van der Waals surface area contributed by atoms with E-state index in [1.165, 1.54) is 93.8 Å². The van der Waals surface area contributed by atoms with E-state index in [0.717, 1.165) is 18.5 Å². The van der Waals surface area contributed by atoms with Crippen molar-refractivity contribution in [1.82, 2.24) is 9.13 Å². The Morgan fingerprint density at radius 1 is 0.370 bits per heavy atom. The van der Waals surface area contributed by atoms with Crippen LogP contribution in [-0.4, -0.2) is 9.13 Å². The van der Waals surface area contributed by atoms with Gasteiger partial charge in [0.25, 0.3) is 0 Å². The average Bonchev–Trinajstić information content (AvgIpc) is 3.77. The van der Waals surface area contributed by atoms with Gasteiger partial charge in [-0.1, -0.05) is 133 Å². The number of aromatic nitrogens is 2. The molecule has 1 aliphatic rings. The molecular formula is C52H36N2. The van der Waals surface area contributed by atoms with Crippen LogP contribution in [0.15, 0.2) is 188 Å². The van der Waals surface area contributed by atoms with Crippen LogP contribution in [0.4, 0.5) is 0 Å². The van der Waals surface area contributed by atoms with Gasteiger partial charge in [-0.3, -0.25) is 0 Å². The lowest BCUT2D eigenvalue weighted by atomic mass is 9.93. The van der Waals surface area contributed by atoms with Crippen LogP contribution in [0.2, 0.25) is 0 Å². The van der Waals surface area contributed by atoms with Crippen molar-refractivity contribution >= 4 is 49.7 Å². The maximum Gasteiger partial charge on any atom is 0.0641 e. The second-order valence-corrected chi connectivity index (χ2v) is 14.5. The fourth-order valence-corrected chi connectivity index (χ4v) is 8.80. The highest BCUT2D eigenvalue weighted by molar-refractivity contribution is 6.26. The Hall–Kier alpha value is -6.90. The summed E-state index contributed by atoms with van der Waals surface area (Å²) in [5.41, 5.74) is 17.3. The molecule has 1 aliphatic carbocycles. The van der Waals surface area contributed by atoms with Crippen LogP contribution in [0.1, 0.15) is 17.5 Å². The number of hydrogen-bond acceptors (Lipinski definition) is 0. The lowest BCUT2D eigenvalue weighted by Crippen LogP contribution is -1.99. The zero-order valence-electron chi connectivity index (χ0n) is 29.8. The van der Waals surface area contributed by atoms with E-state index in [9.17, 15) is 0 Å². The molecule has 0 bridgehead atoms. The third kappa shape index (κ3) is 4.88. The third-order valence-electron chi connectivity index (χ3n) is 11.3. The zero-order valence-corrected chi connectivity index (χ0v) is 29.8. The highest BCUT2D eigenvalue weighted by Crippen LogP contribution is 2.43. The normalized spacial score (nSPS) is 12.6. The molecule has 2 nitrogen and oxygen atoms in total. The predicted octanol–water partition coefficient (Wildman–Crippen LogP) is 13.8. The molecule has 0 saturated heterocycles. The summed E-state index contributed by atoms with van der Waals surface area (Å²) in [4.78, 5) is 0. The van der Waals surface area contributed by atoms with Gasteiger partial charge in [0.05, 0.1) is 22.1 Å². The van der Waals surface area contributed by atoms with Crippen molar-refractivity contribution in [1.29, 1.82) is 0 Å². The van der Waals surface area contributed by atoms with Gasteiger partial charge in [-0.15, -0.1) is 0 Å². The Bertz CT molecular complexity index is 3010. The molecule has 0 N–H and O–H groups in total. The van der Waals surface area contributed by atoms with Crippen LogP contribution in [0.5, 0.6) is 0 Å². The zero-order chi connectivity index (χ0) is 35.6. The summed E-state index contributed by atoms with van der Waals surface area (Å²) in [5, 5.41) is 5.08. The van der Waals surface area contributed by atoms with Crippen LogP contribution in [0, 0.1) is 0 Å². The first-order chi connectivity index (χ1) is 26.8. The van der Waals surface area contributed by atoms with Crippen molar-refractivity contribution < 1.29 is 0 Å². The van der Waals surface area contributed by atoms with Gasteiger partial charge >= 0.3 is 0 Å². The number of allylic oxidation sites excluding steroid dienone is 1. The summed E-state index contributed by atoms with van der Waals surface area (Å²) in [6, 6.07) is 66.9. The molecule has 0 atom stereocenters. The standard InChI is InChI=1S/C52H36N2/c1-3-13-35(14-4-1)40-31-41(36-15-5-2-6-16-36)33-42(32-40)38-23-26-43(27-24-38)53-49-22-12-10-20-47(49)51-50(53)30-29-46-45-19-9-11-21-48(45)54(52(46)51)44-28-25-37-17-7-8-18-39(37)34-44/h1-6,8-16,18-34H,7,17H2. The predicted molar refractivity (Wildman–Crippen MR) is 229 cm³/mol. The summed E-state index contributed by atoms with van der Waals surface area (Å²) in [6.45, 7) is 0. The second kappa shape index (κ2) is 12.4. The molecule has 0 saturated carbocycles. The topological polar surface area (TPSA) is 9.86 Å².